The molecule has 1 N–H and O–H groups in total. The van der Waals surface area contributed by atoms with Crippen LogP contribution in [0.2, 0.25) is 0 Å². The van der Waals surface area contributed by atoms with Crippen molar-refractivity contribution in [3.63, 3.8) is 0 Å². The predicted octanol–water partition coefficient (Wildman–Crippen LogP) is 3.06. The molecule has 6 nitrogen and oxygen atoms in total. The van der Waals surface area contributed by atoms with Crippen molar-refractivity contribution in [3.8, 4) is 11.5 Å². The Morgan fingerprint density at radius 1 is 1.08 bits per heavy atom. The molecule has 1 aromatic carbocycles. The molecule has 0 aliphatic carbocycles. The monoisotopic (exact) mass is 377 g/mol. The molecular formula is C19H23NO5S. The lowest BCUT2D eigenvalue weighted by Gasteiger charge is -2.12. The van der Waals surface area contributed by atoms with Gasteiger partial charge in [-0.15, -0.1) is 11.3 Å². The highest BCUT2D eigenvalue weighted by Crippen LogP contribution is 2.28. The summed E-state index contributed by atoms with van der Waals surface area (Å²) in [6.45, 7) is 4.85. The summed E-state index contributed by atoms with van der Waals surface area (Å²) in [5, 5.41) is 4.72. The van der Waals surface area contributed by atoms with Crippen molar-refractivity contribution in [1.82, 2.24) is 5.32 Å². The van der Waals surface area contributed by atoms with E-state index < -0.39 is 5.97 Å². The third-order valence-corrected chi connectivity index (χ3v) is 4.32. The number of carbonyl (C=O) groups excluding carboxylic acids is 2. The summed E-state index contributed by atoms with van der Waals surface area (Å²) in [6.07, 6.45) is 0.758. The van der Waals surface area contributed by atoms with Gasteiger partial charge in [0.2, 0.25) is 0 Å². The van der Waals surface area contributed by atoms with E-state index in [2.05, 4.69) is 5.32 Å². The lowest BCUT2D eigenvalue weighted by atomic mass is 10.2. The van der Waals surface area contributed by atoms with Crippen LogP contribution in [-0.2, 0) is 16.0 Å². The summed E-state index contributed by atoms with van der Waals surface area (Å²) in [5.41, 5.74) is 0.309. The zero-order valence-corrected chi connectivity index (χ0v) is 15.8. The van der Waals surface area contributed by atoms with Crippen LogP contribution < -0.4 is 14.8 Å². The van der Waals surface area contributed by atoms with Gasteiger partial charge < -0.3 is 19.5 Å². The van der Waals surface area contributed by atoms with Gasteiger partial charge in [-0.1, -0.05) is 6.07 Å². The van der Waals surface area contributed by atoms with Crippen molar-refractivity contribution in [2.45, 2.75) is 20.3 Å². The van der Waals surface area contributed by atoms with Gasteiger partial charge in [-0.05, 0) is 49.9 Å². The summed E-state index contributed by atoms with van der Waals surface area (Å²) >= 11 is 1.64. The van der Waals surface area contributed by atoms with Gasteiger partial charge in [0.15, 0.2) is 18.1 Å². The van der Waals surface area contributed by atoms with Gasteiger partial charge in [0.05, 0.1) is 18.8 Å². The van der Waals surface area contributed by atoms with Crippen molar-refractivity contribution in [2.75, 3.05) is 26.4 Å². The normalized spacial score (nSPS) is 10.2. The summed E-state index contributed by atoms with van der Waals surface area (Å²) in [7, 11) is 0. The van der Waals surface area contributed by atoms with Gasteiger partial charge in [0.1, 0.15) is 0 Å². The Hall–Kier alpha value is -2.54. The largest absolute Gasteiger partial charge is 0.490 e. The smallest absolute Gasteiger partial charge is 0.338 e. The molecule has 1 heterocycles. The van der Waals surface area contributed by atoms with E-state index in [1.54, 1.807) is 29.5 Å². The average Bonchev–Trinajstić information content (AvgIpc) is 3.15. The third-order valence-electron chi connectivity index (χ3n) is 3.39. The number of hydrogen-bond acceptors (Lipinski definition) is 6. The molecule has 0 saturated carbocycles. The number of rotatable bonds is 10. The molecule has 0 spiro atoms. The molecule has 2 rings (SSSR count). The molecular weight excluding hydrogens is 354 g/mol. The number of nitrogens with one attached hydrogen (secondary N) is 1. The van der Waals surface area contributed by atoms with Gasteiger partial charge in [-0.3, -0.25) is 4.79 Å². The zero-order chi connectivity index (χ0) is 18.8. The summed E-state index contributed by atoms with van der Waals surface area (Å²) in [4.78, 5) is 25.1. The number of hydrogen-bond donors (Lipinski definition) is 1. The van der Waals surface area contributed by atoms with Gasteiger partial charge in [0.25, 0.3) is 5.91 Å². The molecule has 26 heavy (non-hydrogen) atoms. The second-order valence-electron chi connectivity index (χ2n) is 5.28. The number of thiophene rings is 1. The van der Waals surface area contributed by atoms with Crippen LogP contribution in [0, 0.1) is 0 Å². The van der Waals surface area contributed by atoms with Crippen molar-refractivity contribution in [2.24, 2.45) is 0 Å². The van der Waals surface area contributed by atoms with Gasteiger partial charge in [-0.25, -0.2) is 4.79 Å². The lowest BCUT2D eigenvalue weighted by Crippen LogP contribution is -2.30. The number of ether oxygens (including phenoxy) is 3. The van der Waals surface area contributed by atoms with E-state index in [9.17, 15) is 9.59 Å². The minimum atomic E-state index is -0.581. The predicted molar refractivity (Wildman–Crippen MR) is 100 cm³/mol. The molecule has 0 saturated heterocycles. The van der Waals surface area contributed by atoms with Crippen LogP contribution in [0.25, 0.3) is 0 Å². The third kappa shape index (κ3) is 6.07. The average molecular weight is 377 g/mol. The van der Waals surface area contributed by atoms with E-state index in [-0.39, 0.29) is 12.5 Å². The van der Waals surface area contributed by atoms with Crippen LogP contribution in [0.4, 0.5) is 0 Å². The fourth-order valence-corrected chi connectivity index (χ4v) is 2.93. The Kier molecular flexibility index (Phi) is 7.95. The van der Waals surface area contributed by atoms with Crippen molar-refractivity contribution < 1.29 is 23.8 Å². The first-order valence-corrected chi connectivity index (χ1v) is 9.37. The summed E-state index contributed by atoms with van der Waals surface area (Å²) < 4.78 is 16.0. The molecule has 7 heteroatoms. The van der Waals surface area contributed by atoms with Gasteiger partial charge >= 0.3 is 5.97 Å². The van der Waals surface area contributed by atoms with Crippen molar-refractivity contribution >= 4 is 23.2 Å². The first kappa shape index (κ1) is 19.8. The fraction of sp³-hybridized carbons (Fsp3) is 0.368. The Balaban J connectivity index is 1.82. The topological polar surface area (TPSA) is 73.9 Å². The van der Waals surface area contributed by atoms with Gasteiger partial charge in [0, 0.05) is 11.4 Å². The Morgan fingerprint density at radius 3 is 2.54 bits per heavy atom. The minimum absolute atomic E-state index is 0.309. The first-order chi connectivity index (χ1) is 12.6. The van der Waals surface area contributed by atoms with Crippen molar-refractivity contribution in [1.29, 1.82) is 0 Å². The van der Waals surface area contributed by atoms with Crippen LogP contribution in [-0.4, -0.2) is 38.2 Å². The Morgan fingerprint density at radius 2 is 1.85 bits per heavy atom. The van der Waals surface area contributed by atoms with Crippen LogP contribution in [0.1, 0.15) is 29.1 Å². The molecule has 0 aliphatic heterocycles. The SMILES string of the molecule is CCOc1ccc(C(=O)OCC(=O)NCCc2cccs2)cc1OCC. The van der Waals surface area contributed by atoms with E-state index in [0.717, 1.165) is 6.42 Å². The van der Waals surface area contributed by atoms with E-state index >= 15 is 0 Å². The Bertz CT molecular complexity index is 715. The second kappa shape index (κ2) is 10.5. The number of carbonyl (C=O) groups is 2. The van der Waals surface area contributed by atoms with Crippen LogP contribution in [0.3, 0.4) is 0 Å². The van der Waals surface area contributed by atoms with Crippen molar-refractivity contribution in [3.05, 3.63) is 46.2 Å². The zero-order valence-electron chi connectivity index (χ0n) is 14.9. The molecule has 2 aromatic rings. The summed E-state index contributed by atoms with van der Waals surface area (Å²) in [6, 6.07) is 8.79. The maximum Gasteiger partial charge on any atom is 0.338 e. The number of esters is 1. The van der Waals surface area contributed by atoms with Crippen LogP contribution in [0.15, 0.2) is 35.7 Å². The molecule has 1 aromatic heterocycles. The van der Waals surface area contributed by atoms with E-state index in [4.69, 9.17) is 14.2 Å². The minimum Gasteiger partial charge on any atom is -0.490 e. The first-order valence-electron chi connectivity index (χ1n) is 8.49. The van der Waals surface area contributed by atoms with Crippen LogP contribution >= 0.6 is 11.3 Å². The van der Waals surface area contributed by atoms with E-state index in [0.29, 0.717) is 36.8 Å². The van der Waals surface area contributed by atoms with Crippen LogP contribution in [0.5, 0.6) is 11.5 Å². The van der Waals surface area contributed by atoms with E-state index in [1.165, 1.54) is 4.88 Å². The molecule has 1 amide bonds. The molecule has 0 bridgehead atoms. The highest BCUT2D eigenvalue weighted by atomic mass is 32.1. The number of benzene rings is 1. The standard InChI is InChI=1S/C19H23NO5S/c1-3-23-16-8-7-14(12-17(16)24-4-2)19(22)25-13-18(21)20-10-9-15-6-5-11-26-15/h5-8,11-12H,3-4,9-10,13H2,1-2H3,(H,20,21). The molecule has 0 fully saturated rings. The highest BCUT2D eigenvalue weighted by molar-refractivity contribution is 7.09. The molecule has 0 unspecified atom stereocenters. The highest BCUT2D eigenvalue weighted by Gasteiger charge is 2.14. The maximum atomic E-state index is 12.1. The van der Waals surface area contributed by atoms with Gasteiger partial charge in [-0.2, -0.15) is 0 Å². The fourth-order valence-electron chi connectivity index (χ4n) is 2.22. The van der Waals surface area contributed by atoms with E-state index in [1.807, 2.05) is 31.4 Å². The Labute approximate surface area is 157 Å². The summed E-state index contributed by atoms with van der Waals surface area (Å²) in [5.74, 6) is 0.134. The number of amides is 1. The quantitative estimate of drug-likeness (QED) is 0.644. The molecule has 0 aliphatic rings. The molecule has 140 valence electrons. The second-order valence-corrected chi connectivity index (χ2v) is 6.32. The molecule has 0 atom stereocenters. The maximum absolute atomic E-state index is 12.1. The molecule has 0 radical (unpaired) electrons. The lowest BCUT2D eigenvalue weighted by molar-refractivity contribution is -0.124.